The molecule has 1 saturated heterocycles. The first-order valence-corrected chi connectivity index (χ1v) is 8.32. The van der Waals surface area contributed by atoms with Crippen LogP contribution in [0.4, 0.5) is 11.4 Å². The van der Waals surface area contributed by atoms with E-state index in [1.807, 2.05) is 12.5 Å². The van der Waals surface area contributed by atoms with Crippen LogP contribution in [-0.2, 0) is 11.3 Å². The van der Waals surface area contributed by atoms with Gasteiger partial charge in [-0.3, -0.25) is 19.8 Å². The average molecular weight is 343 g/mol. The van der Waals surface area contributed by atoms with E-state index in [9.17, 15) is 14.9 Å². The van der Waals surface area contributed by atoms with E-state index in [1.165, 1.54) is 12.1 Å². The number of carbonyl (C=O) groups excluding carboxylic acids is 1. The van der Waals surface area contributed by atoms with E-state index in [-0.39, 0.29) is 11.6 Å². The molecule has 0 radical (unpaired) electrons. The molecule has 8 heteroatoms. The maximum atomic E-state index is 12.2. The van der Waals surface area contributed by atoms with Gasteiger partial charge in [-0.1, -0.05) is 6.07 Å². The molecule has 1 fully saturated rings. The highest BCUT2D eigenvalue weighted by Gasteiger charge is 2.21. The number of non-ortho nitro benzene ring substituents is 1. The molecule has 0 bridgehead atoms. The van der Waals surface area contributed by atoms with Crippen molar-refractivity contribution in [2.75, 3.05) is 25.0 Å². The van der Waals surface area contributed by atoms with E-state index in [0.29, 0.717) is 18.2 Å². The first-order chi connectivity index (χ1) is 12.1. The van der Waals surface area contributed by atoms with Crippen molar-refractivity contribution in [3.8, 4) is 0 Å². The standard InChI is InChI=1S/C17H21N5O3/c23-17(19-15-2-1-3-16(10-15)22(24)25)12-20-7-4-14(5-8-20)11-21-9-6-18-13-21/h1-3,6,9-10,13-14H,4-5,7-8,11-12H2,(H,19,23). The summed E-state index contributed by atoms with van der Waals surface area (Å²) in [5.74, 6) is 0.457. The molecule has 0 aliphatic carbocycles. The maximum absolute atomic E-state index is 12.2. The van der Waals surface area contributed by atoms with Crippen molar-refractivity contribution in [2.24, 2.45) is 5.92 Å². The fraction of sp³-hybridized carbons (Fsp3) is 0.412. The minimum absolute atomic E-state index is 0.0295. The highest BCUT2D eigenvalue weighted by molar-refractivity contribution is 5.92. The van der Waals surface area contributed by atoms with Gasteiger partial charge in [-0.25, -0.2) is 4.98 Å². The largest absolute Gasteiger partial charge is 0.337 e. The lowest BCUT2D eigenvalue weighted by Gasteiger charge is -2.31. The fourth-order valence-corrected chi connectivity index (χ4v) is 3.12. The summed E-state index contributed by atoms with van der Waals surface area (Å²) >= 11 is 0. The van der Waals surface area contributed by atoms with Gasteiger partial charge in [-0.2, -0.15) is 0 Å². The number of aromatic nitrogens is 2. The molecule has 3 rings (SSSR count). The number of piperidine rings is 1. The molecule has 1 aliphatic heterocycles. The number of hydrogen-bond donors (Lipinski definition) is 1. The van der Waals surface area contributed by atoms with E-state index in [1.54, 1.807) is 18.3 Å². The molecule has 1 aliphatic rings. The summed E-state index contributed by atoms with van der Waals surface area (Å²) < 4.78 is 2.09. The number of nitrogens with zero attached hydrogens (tertiary/aromatic N) is 4. The first-order valence-electron chi connectivity index (χ1n) is 8.32. The molecule has 2 aromatic rings. The second-order valence-electron chi connectivity index (χ2n) is 6.33. The molecule has 8 nitrogen and oxygen atoms in total. The third-order valence-electron chi connectivity index (χ3n) is 4.44. The van der Waals surface area contributed by atoms with Crippen LogP contribution in [0.3, 0.4) is 0 Å². The first kappa shape index (κ1) is 17.1. The molecule has 25 heavy (non-hydrogen) atoms. The lowest BCUT2D eigenvalue weighted by atomic mass is 9.97. The molecule has 2 heterocycles. The Morgan fingerprint density at radius 2 is 2.16 bits per heavy atom. The molecule has 1 N–H and O–H groups in total. The minimum atomic E-state index is -0.472. The van der Waals surface area contributed by atoms with Gasteiger partial charge in [0.05, 0.1) is 17.8 Å². The normalized spacial score (nSPS) is 15.8. The molecule has 0 unspecified atom stereocenters. The smallest absolute Gasteiger partial charge is 0.271 e. The topological polar surface area (TPSA) is 93.3 Å². The van der Waals surface area contributed by atoms with Crippen LogP contribution in [0.2, 0.25) is 0 Å². The number of nitro benzene ring substituents is 1. The number of carbonyl (C=O) groups is 1. The molecule has 1 aromatic carbocycles. The summed E-state index contributed by atoms with van der Waals surface area (Å²) in [7, 11) is 0. The van der Waals surface area contributed by atoms with Crippen LogP contribution in [0.25, 0.3) is 0 Å². The second kappa shape index (κ2) is 7.89. The summed E-state index contributed by atoms with van der Waals surface area (Å²) in [6.07, 6.45) is 7.68. The van der Waals surface area contributed by atoms with Crippen LogP contribution in [0.15, 0.2) is 43.0 Å². The third-order valence-corrected chi connectivity index (χ3v) is 4.44. The Balaban J connectivity index is 1.44. The third kappa shape index (κ3) is 4.87. The van der Waals surface area contributed by atoms with Gasteiger partial charge in [0.1, 0.15) is 0 Å². The van der Waals surface area contributed by atoms with Gasteiger partial charge >= 0.3 is 0 Å². The predicted molar refractivity (Wildman–Crippen MR) is 93.1 cm³/mol. The molecule has 0 spiro atoms. The number of imidazole rings is 1. The number of anilines is 1. The van der Waals surface area contributed by atoms with Crippen molar-refractivity contribution in [3.05, 3.63) is 53.1 Å². The van der Waals surface area contributed by atoms with E-state index in [2.05, 4.69) is 19.8 Å². The van der Waals surface area contributed by atoms with Crippen LogP contribution in [-0.4, -0.2) is 44.9 Å². The Morgan fingerprint density at radius 3 is 2.84 bits per heavy atom. The summed E-state index contributed by atoms with van der Waals surface area (Å²) in [6.45, 7) is 3.03. The number of likely N-dealkylation sites (tertiary alicyclic amines) is 1. The Hall–Kier alpha value is -2.74. The number of benzene rings is 1. The Labute approximate surface area is 145 Å². The highest BCUT2D eigenvalue weighted by Crippen LogP contribution is 2.20. The molecular weight excluding hydrogens is 322 g/mol. The summed E-state index contributed by atoms with van der Waals surface area (Å²) in [5.41, 5.74) is 0.423. The van der Waals surface area contributed by atoms with Crippen molar-refractivity contribution >= 4 is 17.3 Å². The van der Waals surface area contributed by atoms with Crippen molar-refractivity contribution in [2.45, 2.75) is 19.4 Å². The van der Waals surface area contributed by atoms with Crippen LogP contribution in [0.5, 0.6) is 0 Å². The minimum Gasteiger partial charge on any atom is -0.337 e. The summed E-state index contributed by atoms with van der Waals surface area (Å²) in [5, 5.41) is 13.5. The summed E-state index contributed by atoms with van der Waals surface area (Å²) in [6, 6.07) is 5.99. The Morgan fingerprint density at radius 1 is 1.36 bits per heavy atom. The lowest BCUT2D eigenvalue weighted by molar-refractivity contribution is -0.384. The molecule has 0 saturated carbocycles. The van der Waals surface area contributed by atoms with Crippen molar-refractivity contribution in [3.63, 3.8) is 0 Å². The zero-order chi connectivity index (χ0) is 17.6. The van der Waals surface area contributed by atoms with Crippen LogP contribution in [0.1, 0.15) is 12.8 Å². The van der Waals surface area contributed by atoms with Gasteiger partial charge in [0.15, 0.2) is 0 Å². The average Bonchev–Trinajstić information content (AvgIpc) is 3.10. The quantitative estimate of drug-likeness (QED) is 0.641. The molecule has 132 valence electrons. The fourth-order valence-electron chi connectivity index (χ4n) is 3.12. The Bertz CT molecular complexity index is 724. The Kier molecular flexibility index (Phi) is 5.39. The van der Waals surface area contributed by atoms with Gasteiger partial charge in [-0.05, 0) is 37.9 Å². The second-order valence-corrected chi connectivity index (χ2v) is 6.33. The number of rotatable bonds is 6. The maximum Gasteiger partial charge on any atom is 0.271 e. The van der Waals surface area contributed by atoms with Crippen molar-refractivity contribution in [1.82, 2.24) is 14.5 Å². The molecule has 0 atom stereocenters. The molecular formula is C17H21N5O3. The number of hydrogen-bond acceptors (Lipinski definition) is 5. The summed E-state index contributed by atoms with van der Waals surface area (Å²) in [4.78, 5) is 28.7. The zero-order valence-electron chi connectivity index (χ0n) is 13.9. The van der Waals surface area contributed by atoms with Crippen LogP contribution < -0.4 is 5.32 Å². The SMILES string of the molecule is O=C(CN1CCC(Cn2ccnc2)CC1)Nc1cccc([N+](=O)[O-])c1. The van der Waals surface area contributed by atoms with Gasteiger partial charge in [0.25, 0.3) is 5.69 Å². The number of amides is 1. The van der Waals surface area contributed by atoms with Crippen molar-refractivity contribution < 1.29 is 9.72 Å². The van der Waals surface area contributed by atoms with Crippen molar-refractivity contribution in [1.29, 1.82) is 0 Å². The number of nitro groups is 1. The van der Waals surface area contributed by atoms with E-state index in [0.717, 1.165) is 32.5 Å². The highest BCUT2D eigenvalue weighted by atomic mass is 16.6. The van der Waals surface area contributed by atoms with Gasteiger partial charge < -0.3 is 9.88 Å². The molecule has 1 aromatic heterocycles. The van der Waals surface area contributed by atoms with Gasteiger partial charge in [0.2, 0.25) is 5.91 Å². The van der Waals surface area contributed by atoms with Crippen LogP contribution in [0, 0.1) is 16.0 Å². The lowest BCUT2D eigenvalue weighted by Crippen LogP contribution is -2.39. The van der Waals surface area contributed by atoms with Crippen LogP contribution >= 0.6 is 0 Å². The predicted octanol–water partition coefficient (Wildman–Crippen LogP) is 2.14. The van der Waals surface area contributed by atoms with Gasteiger partial charge in [0, 0.05) is 36.8 Å². The zero-order valence-corrected chi connectivity index (χ0v) is 13.9. The number of nitrogens with one attached hydrogen (secondary N) is 1. The van der Waals surface area contributed by atoms with E-state index >= 15 is 0 Å². The van der Waals surface area contributed by atoms with E-state index < -0.39 is 4.92 Å². The van der Waals surface area contributed by atoms with Gasteiger partial charge in [-0.15, -0.1) is 0 Å². The monoisotopic (exact) mass is 343 g/mol. The van der Waals surface area contributed by atoms with E-state index in [4.69, 9.17) is 0 Å². The molecule has 1 amide bonds.